The van der Waals surface area contributed by atoms with Crippen LogP contribution in [-0.2, 0) is 71.7 Å². The third-order valence-corrected chi connectivity index (χ3v) is 10.9. The van der Waals surface area contributed by atoms with Crippen LogP contribution in [0.1, 0.15) is 181 Å². The van der Waals surface area contributed by atoms with Gasteiger partial charge in [-0.2, -0.15) is 0 Å². The van der Waals surface area contributed by atoms with Crippen molar-refractivity contribution in [1.82, 2.24) is 26.3 Å². The second kappa shape index (κ2) is 41.8. The molecule has 1 rings (SSSR count). The molecule has 1 fully saturated rings. The number of aliphatic carboxylic acids is 1. The summed E-state index contributed by atoms with van der Waals surface area (Å²) in [6, 6.07) is -0.754. The number of nitrogens with one attached hydrogen (secondary N) is 4. The summed E-state index contributed by atoms with van der Waals surface area (Å²) in [5.74, 6) is -4.13. The summed E-state index contributed by atoms with van der Waals surface area (Å²) in [7, 11) is 0. The van der Waals surface area contributed by atoms with E-state index >= 15 is 0 Å². The first-order chi connectivity index (χ1) is 34.1. The number of rotatable bonds is 46. The van der Waals surface area contributed by atoms with E-state index in [2.05, 4.69) is 21.3 Å². The fraction of sp³-hybridized carbons (Fsp3) is 0.820. The Bertz CT molecular complexity index is 1540. The van der Waals surface area contributed by atoms with E-state index in [9.17, 15) is 43.2 Å². The Hall–Kier alpha value is -4.73. The number of hydroxylamine groups is 2. The van der Waals surface area contributed by atoms with Crippen molar-refractivity contribution in [2.45, 2.75) is 193 Å². The fourth-order valence-corrected chi connectivity index (χ4v) is 7.06. The standard InChI is InChI=1S/C50H87N5O16/c1-50(2,3)70-49(65)40(54-44(59)21-16-14-12-10-8-6-4-5-7-9-11-13-15-17-22-47(62)63)20-18-19-29-51-42(57)27-32-66-36-39-69-35-31-53-43(58)28-33-67-37-38-68-34-30-52-41(56)23-26-48(64)71-55-45(60)24-25-46(55)61/h40H,4-39H2,1-3H3,(H,51,57)(H,52,56)(H,53,58)(H,54,59)(H,62,63). The fourth-order valence-electron chi connectivity index (χ4n) is 7.06. The summed E-state index contributed by atoms with van der Waals surface area (Å²) in [6.45, 7) is 8.29. The van der Waals surface area contributed by atoms with Gasteiger partial charge in [0.2, 0.25) is 23.6 Å². The maximum atomic E-state index is 12.9. The van der Waals surface area contributed by atoms with Gasteiger partial charge >= 0.3 is 17.9 Å². The van der Waals surface area contributed by atoms with E-state index in [0.717, 1.165) is 44.9 Å². The van der Waals surface area contributed by atoms with Gasteiger partial charge in [-0.05, 0) is 52.9 Å². The van der Waals surface area contributed by atoms with E-state index in [4.69, 9.17) is 33.6 Å². The molecule has 1 aliphatic rings. The van der Waals surface area contributed by atoms with Crippen LogP contribution >= 0.6 is 0 Å². The Morgan fingerprint density at radius 1 is 0.493 bits per heavy atom. The molecule has 0 aromatic rings. The molecule has 5 N–H and O–H groups in total. The summed E-state index contributed by atoms with van der Waals surface area (Å²) in [4.78, 5) is 112. The molecule has 0 bridgehead atoms. The molecule has 1 unspecified atom stereocenters. The van der Waals surface area contributed by atoms with Crippen LogP contribution in [0.25, 0.3) is 0 Å². The molecule has 0 radical (unpaired) electrons. The second-order valence-corrected chi connectivity index (χ2v) is 18.5. The zero-order valence-electron chi connectivity index (χ0n) is 43.1. The van der Waals surface area contributed by atoms with Crippen molar-refractivity contribution in [2.24, 2.45) is 0 Å². The highest BCUT2D eigenvalue weighted by Crippen LogP contribution is 2.16. The maximum absolute atomic E-state index is 12.9. The topological polar surface area (TPSA) is 281 Å². The van der Waals surface area contributed by atoms with Crippen molar-refractivity contribution in [1.29, 1.82) is 0 Å². The van der Waals surface area contributed by atoms with Crippen LogP contribution in [0, 0.1) is 0 Å². The summed E-state index contributed by atoms with van der Waals surface area (Å²) in [5.41, 5.74) is -0.688. The number of unbranched alkanes of at least 4 members (excludes halogenated alkanes) is 14. The number of esters is 1. The Kier molecular flexibility index (Phi) is 37.9. The number of carbonyl (C=O) groups is 9. The lowest BCUT2D eigenvalue weighted by molar-refractivity contribution is -0.197. The summed E-state index contributed by atoms with van der Waals surface area (Å²) < 4.78 is 27.3. The summed E-state index contributed by atoms with van der Waals surface area (Å²) >= 11 is 0. The van der Waals surface area contributed by atoms with Gasteiger partial charge in [-0.25, -0.2) is 9.59 Å². The number of carboxylic acid groups (broad SMARTS) is 1. The molecule has 1 atom stereocenters. The number of carboxylic acids is 1. The molecule has 0 aromatic carbocycles. The van der Waals surface area contributed by atoms with Crippen LogP contribution in [0.2, 0.25) is 0 Å². The molecule has 21 heteroatoms. The quantitative estimate of drug-likeness (QED) is 0.0308. The van der Waals surface area contributed by atoms with E-state index in [0.29, 0.717) is 50.4 Å². The highest BCUT2D eigenvalue weighted by molar-refractivity contribution is 6.01. The van der Waals surface area contributed by atoms with Gasteiger partial charge in [0, 0.05) is 64.6 Å². The zero-order valence-corrected chi connectivity index (χ0v) is 43.1. The van der Waals surface area contributed by atoms with E-state index in [1.54, 1.807) is 20.8 Å². The number of imide groups is 1. The Labute approximate surface area is 420 Å². The predicted molar refractivity (Wildman–Crippen MR) is 261 cm³/mol. The molecule has 0 aromatic heterocycles. The summed E-state index contributed by atoms with van der Waals surface area (Å²) in [6.07, 6.45) is 17.5. The van der Waals surface area contributed by atoms with Crippen LogP contribution in [0.4, 0.5) is 0 Å². The number of carbonyl (C=O) groups excluding carboxylic acids is 8. The van der Waals surface area contributed by atoms with Gasteiger partial charge in [0.1, 0.15) is 11.6 Å². The summed E-state index contributed by atoms with van der Waals surface area (Å²) in [5, 5.41) is 20.2. The molecule has 1 heterocycles. The lowest BCUT2D eigenvalue weighted by atomic mass is 10.0. The molecule has 0 aliphatic carbocycles. The normalized spacial score (nSPS) is 12.9. The second-order valence-electron chi connectivity index (χ2n) is 18.5. The van der Waals surface area contributed by atoms with Gasteiger partial charge in [0.25, 0.3) is 11.8 Å². The number of amides is 6. The monoisotopic (exact) mass is 1010 g/mol. The van der Waals surface area contributed by atoms with E-state index in [1.165, 1.54) is 44.9 Å². The highest BCUT2D eigenvalue weighted by Gasteiger charge is 2.33. The third kappa shape index (κ3) is 39.6. The van der Waals surface area contributed by atoms with Crippen LogP contribution in [-0.4, -0.2) is 148 Å². The van der Waals surface area contributed by atoms with Gasteiger partial charge < -0.3 is 54.9 Å². The Morgan fingerprint density at radius 2 is 0.915 bits per heavy atom. The number of hydrogen-bond acceptors (Lipinski definition) is 15. The first-order valence-electron chi connectivity index (χ1n) is 26.0. The van der Waals surface area contributed by atoms with Crippen molar-refractivity contribution in [3.8, 4) is 0 Å². The lowest BCUT2D eigenvalue weighted by Crippen LogP contribution is -2.44. The molecule has 0 spiro atoms. The molecule has 1 saturated heterocycles. The minimum Gasteiger partial charge on any atom is -0.481 e. The van der Waals surface area contributed by atoms with E-state index in [1.807, 2.05) is 0 Å². The smallest absolute Gasteiger partial charge is 0.333 e. The molecule has 1 aliphatic heterocycles. The van der Waals surface area contributed by atoms with Gasteiger partial charge in [0.05, 0.1) is 59.3 Å². The largest absolute Gasteiger partial charge is 0.481 e. The van der Waals surface area contributed by atoms with Crippen molar-refractivity contribution < 1.29 is 76.8 Å². The third-order valence-electron chi connectivity index (χ3n) is 10.9. The first-order valence-corrected chi connectivity index (χ1v) is 26.0. The minimum atomic E-state index is -0.850. The average molecular weight is 1010 g/mol. The minimum absolute atomic E-state index is 0.00956. The lowest BCUT2D eigenvalue weighted by Gasteiger charge is -2.24. The number of ether oxygens (including phenoxy) is 5. The molecule has 71 heavy (non-hydrogen) atoms. The van der Waals surface area contributed by atoms with Crippen molar-refractivity contribution in [3.05, 3.63) is 0 Å². The van der Waals surface area contributed by atoms with Crippen LogP contribution in [0.5, 0.6) is 0 Å². The Morgan fingerprint density at radius 3 is 1.38 bits per heavy atom. The van der Waals surface area contributed by atoms with Gasteiger partial charge in [0.15, 0.2) is 0 Å². The number of hydrogen-bond donors (Lipinski definition) is 5. The SMILES string of the molecule is CC(C)(C)OC(=O)C(CCCCNC(=O)CCOCCOCCNC(=O)CCOCCOCCNC(=O)CCC(=O)ON1C(=O)CCC1=O)NC(=O)CCCCCCCCCCCCCCCCC(=O)O. The molecule has 408 valence electrons. The first kappa shape index (κ1) is 64.3. The van der Waals surface area contributed by atoms with Crippen LogP contribution in [0.3, 0.4) is 0 Å². The Balaban J connectivity index is 1.99. The maximum Gasteiger partial charge on any atom is 0.333 e. The van der Waals surface area contributed by atoms with Gasteiger partial charge in [-0.15, -0.1) is 5.06 Å². The molecular weight excluding hydrogens is 927 g/mol. The number of nitrogens with zero attached hydrogens (tertiary/aromatic N) is 1. The zero-order chi connectivity index (χ0) is 52.4. The van der Waals surface area contributed by atoms with Crippen molar-refractivity contribution >= 4 is 53.4 Å². The van der Waals surface area contributed by atoms with Crippen LogP contribution in [0.15, 0.2) is 0 Å². The van der Waals surface area contributed by atoms with Crippen molar-refractivity contribution in [2.75, 3.05) is 72.5 Å². The van der Waals surface area contributed by atoms with Crippen molar-refractivity contribution in [3.63, 3.8) is 0 Å². The van der Waals surface area contributed by atoms with Gasteiger partial charge in [-0.3, -0.25) is 33.6 Å². The predicted octanol–water partition coefficient (Wildman–Crippen LogP) is 4.89. The molecule has 6 amide bonds. The average Bonchev–Trinajstić information content (AvgIpc) is 3.62. The van der Waals surface area contributed by atoms with Crippen LogP contribution < -0.4 is 21.3 Å². The molecule has 21 nitrogen and oxygen atoms in total. The van der Waals surface area contributed by atoms with Gasteiger partial charge in [-0.1, -0.05) is 77.0 Å². The van der Waals surface area contributed by atoms with E-state index < -0.39 is 47.3 Å². The highest BCUT2D eigenvalue weighted by atomic mass is 16.7. The molecule has 0 saturated carbocycles. The van der Waals surface area contributed by atoms with E-state index in [-0.39, 0.29) is 115 Å². The molecular formula is C50H87N5O16.